The Balaban J connectivity index is 1.56. The molecule has 170 valence electrons. The van der Waals surface area contributed by atoms with E-state index in [4.69, 9.17) is 32.9 Å². The molecule has 4 rings (SSSR count). The molecule has 1 fully saturated rings. The number of ether oxygens (including phenoxy) is 1. The predicted octanol–water partition coefficient (Wildman–Crippen LogP) is 4.33. The molecular weight excluding hydrogens is 447 g/mol. The normalized spacial score (nSPS) is 15.7. The number of halogens is 2. The van der Waals surface area contributed by atoms with Crippen molar-refractivity contribution in [3.63, 3.8) is 0 Å². The third-order valence-corrected chi connectivity index (χ3v) is 6.59. The van der Waals surface area contributed by atoms with E-state index in [0.717, 1.165) is 55.3 Å². The highest BCUT2D eigenvalue weighted by atomic mass is 35.5. The van der Waals surface area contributed by atoms with Crippen LogP contribution in [0.1, 0.15) is 30.8 Å². The minimum absolute atomic E-state index is 0.0132. The summed E-state index contributed by atoms with van der Waals surface area (Å²) < 4.78 is 7.46. The Bertz CT molecular complexity index is 1080. The third-order valence-electron chi connectivity index (χ3n) is 5.85. The van der Waals surface area contributed by atoms with Crippen LogP contribution in [0.2, 0.25) is 10.0 Å². The van der Waals surface area contributed by atoms with Crippen molar-refractivity contribution in [2.75, 3.05) is 39.4 Å². The number of amides is 1. The van der Waals surface area contributed by atoms with Crippen LogP contribution in [0.25, 0.3) is 11.0 Å². The van der Waals surface area contributed by atoms with Gasteiger partial charge in [0.1, 0.15) is 11.9 Å². The monoisotopic (exact) mass is 474 g/mol. The summed E-state index contributed by atoms with van der Waals surface area (Å²) in [5.41, 5.74) is 2.83. The second-order valence-corrected chi connectivity index (χ2v) is 8.80. The van der Waals surface area contributed by atoms with Gasteiger partial charge < -0.3 is 14.6 Å². The first-order chi connectivity index (χ1) is 15.6. The molecule has 1 saturated heterocycles. The fourth-order valence-electron chi connectivity index (χ4n) is 4.16. The van der Waals surface area contributed by atoms with Crippen molar-refractivity contribution in [1.82, 2.24) is 19.8 Å². The molecule has 0 spiro atoms. The van der Waals surface area contributed by atoms with Crippen LogP contribution in [0, 0.1) is 0 Å². The highest BCUT2D eigenvalue weighted by Gasteiger charge is 2.24. The standard InChI is InChI=1S/C24H28Cl2N4O2/c1-2-21(24(31)27-9-10-29-11-13-32-14-12-29)30-22-6-4-3-5-20(22)28-23(30)16-17-7-8-18(25)19(26)15-17/h3-8,15,21H,2,9-14,16H2,1H3,(H,27,31)/t21-/m0/s1. The lowest BCUT2D eigenvalue weighted by atomic mass is 10.1. The van der Waals surface area contributed by atoms with E-state index < -0.39 is 0 Å². The SMILES string of the molecule is CC[C@@H](C(=O)NCCN1CCOCC1)n1c(Cc2ccc(Cl)c(Cl)c2)nc2ccccc21. The summed E-state index contributed by atoms with van der Waals surface area (Å²) in [6, 6.07) is 13.2. The van der Waals surface area contributed by atoms with Gasteiger partial charge in [0, 0.05) is 32.6 Å². The Morgan fingerprint density at radius 1 is 1.16 bits per heavy atom. The van der Waals surface area contributed by atoms with Crippen molar-refractivity contribution in [3.05, 3.63) is 63.9 Å². The van der Waals surface area contributed by atoms with Gasteiger partial charge in [-0.1, -0.05) is 48.3 Å². The van der Waals surface area contributed by atoms with E-state index in [1.54, 1.807) is 6.07 Å². The lowest BCUT2D eigenvalue weighted by Crippen LogP contribution is -2.42. The van der Waals surface area contributed by atoms with Gasteiger partial charge in [0.05, 0.1) is 34.3 Å². The van der Waals surface area contributed by atoms with E-state index in [9.17, 15) is 4.79 Å². The number of benzene rings is 2. The number of imidazole rings is 1. The summed E-state index contributed by atoms with van der Waals surface area (Å²) >= 11 is 12.3. The highest BCUT2D eigenvalue weighted by Crippen LogP contribution is 2.28. The Morgan fingerprint density at radius 3 is 2.69 bits per heavy atom. The molecule has 1 atom stereocenters. The average molecular weight is 475 g/mol. The van der Waals surface area contributed by atoms with Crippen LogP contribution in [-0.2, 0) is 16.0 Å². The molecule has 2 aromatic carbocycles. The van der Waals surface area contributed by atoms with E-state index in [2.05, 4.69) is 14.8 Å². The molecule has 0 unspecified atom stereocenters. The largest absolute Gasteiger partial charge is 0.379 e. The molecule has 0 aliphatic carbocycles. The number of hydrogen-bond acceptors (Lipinski definition) is 4. The van der Waals surface area contributed by atoms with Crippen LogP contribution >= 0.6 is 23.2 Å². The molecule has 0 bridgehead atoms. The fraction of sp³-hybridized carbons (Fsp3) is 0.417. The zero-order chi connectivity index (χ0) is 22.5. The zero-order valence-corrected chi connectivity index (χ0v) is 19.7. The Labute approximate surface area is 198 Å². The van der Waals surface area contributed by atoms with Crippen LogP contribution in [0.5, 0.6) is 0 Å². The molecule has 1 aliphatic heterocycles. The first-order valence-electron chi connectivity index (χ1n) is 11.0. The van der Waals surface area contributed by atoms with Gasteiger partial charge in [0.2, 0.25) is 5.91 Å². The maximum absolute atomic E-state index is 13.2. The van der Waals surface area contributed by atoms with E-state index in [-0.39, 0.29) is 11.9 Å². The first-order valence-corrected chi connectivity index (χ1v) is 11.8. The molecule has 0 radical (unpaired) electrons. The third kappa shape index (κ3) is 5.26. The maximum Gasteiger partial charge on any atom is 0.243 e. The number of hydrogen-bond donors (Lipinski definition) is 1. The molecule has 1 aromatic heterocycles. The zero-order valence-electron chi connectivity index (χ0n) is 18.2. The van der Waals surface area contributed by atoms with Crippen LogP contribution in [0.3, 0.4) is 0 Å². The lowest BCUT2D eigenvalue weighted by Gasteiger charge is -2.27. The number of aromatic nitrogens is 2. The van der Waals surface area contributed by atoms with Crippen molar-refractivity contribution < 1.29 is 9.53 Å². The Kier molecular flexibility index (Phi) is 7.68. The second-order valence-electron chi connectivity index (χ2n) is 7.98. The van der Waals surface area contributed by atoms with Crippen LogP contribution < -0.4 is 5.32 Å². The number of morpholine rings is 1. The summed E-state index contributed by atoms with van der Waals surface area (Å²) in [5.74, 6) is 0.846. The molecule has 1 amide bonds. The maximum atomic E-state index is 13.2. The molecule has 1 N–H and O–H groups in total. The molecule has 8 heteroatoms. The minimum Gasteiger partial charge on any atom is -0.379 e. The van der Waals surface area contributed by atoms with E-state index >= 15 is 0 Å². The van der Waals surface area contributed by atoms with Crippen molar-refractivity contribution in [2.45, 2.75) is 25.8 Å². The Hall–Kier alpha value is -2.12. The van der Waals surface area contributed by atoms with E-state index in [1.165, 1.54) is 0 Å². The average Bonchev–Trinajstić information content (AvgIpc) is 3.15. The smallest absolute Gasteiger partial charge is 0.243 e. The molecule has 0 saturated carbocycles. The summed E-state index contributed by atoms with van der Waals surface area (Å²) in [6.07, 6.45) is 1.22. The van der Waals surface area contributed by atoms with Crippen molar-refractivity contribution in [1.29, 1.82) is 0 Å². The molecular formula is C24H28Cl2N4O2. The van der Waals surface area contributed by atoms with Gasteiger partial charge in [0.25, 0.3) is 0 Å². The summed E-state index contributed by atoms with van der Waals surface area (Å²) in [6.45, 7) is 6.80. The number of rotatable bonds is 8. The predicted molar refractivity (Wildman–Crippen MR) is 129 cm³/mol. The molecule has 2 heterocycles. The summed E-state index contributed by atoms with van der Waals surface area (Å²) in [4.78, 5) is 20.4. The quantitative estimate of drug-likeness (QED) is 0.527. The molecule has 1 aliphatic rings. The summed E-state index contributed by atoms with van der Waals surface area (Å²) in [5, 5.41) is 4.17. The fourth-order valence-corrected chi connectivity index (χ4v) is 4.48. The first kappa shape index (κ1) is 23.1. The van der Waals surface area contributed by atoms with Gasteiger partial charge >= 0.3 is 0 Å². The van der Waals surface area contributed by atoms with Crippen LogP contribution in [0.15, 0.2) is 42.5 Å². The van der Waals surface area contributed by atoms with Crippen molar-refractivity contribution >= 4 is 40.1 Å². The van der Waals surface area contributed by atoms with Gasteiger partial charge in [-0.25, -0.2) is 4.98 Å². The minimum atomic E-state index is -0.343. The van der Waals surface area contributed by atoms with Gasteiger partial charge in [-0.15, -0.1) is 0 Å². The van der Waals surface area contributed by atoms with Gasteiger partial charge in [-0.3, -0.25) is 9.69 Å². The van der Waals surface area contributed by atoms with Gasteiger partial charge in [-0.2, -0.15) is 0 Å². The molecule has 6 nitrogen and oxygen atoms in total. The van der Waals surface area contributed by atoms with Crippen LogP contribution in [0.4, 0.5) is 0 Å². The van der Waals surface area contributed by atoms with Crippen LogP contribution in [-0.4, -0.2) is 59.8 Å². The highest BCUT2D eigenvalue weighted by molar-refractivity contribution is 6.42. The van der Waals surface area contributed by atoms with E-state index in [0.29, 0.717) is 29.4 Å². The lowest BCUT2D eigenvalue weighted by molar-refractivity contribution is -0.124. The number of nitrogens with zero attached hydrogens (tertiary/aromatic N) is 3. The van der Waals surface area contributed by atoms with Crippen molar-refractivity contribution in [2.24, 2.45) is 0 Å². The number of carbonyl (C=O) groups excluding carboxylic acids is 1. The van der Waals surface area contributed by atoms with Gasteiger partial charge in [0.15, 0.2) is 0 Å². The summed E-state index contributed by atoms with van der Waals surface area (Å²) in [7, 11) is 0. The molecule has 3 aromatic rings. The number of carbonyl (C=O) groups is 1. The molecule has 32 heavy (non-hydrogen) atoms. The number of nitrogens with one attached hydrogen (secondary N) is 1. The number of para-hydroxylation sites is 2. The second kappa shape index (κ2) is 10.7. The number of fused-ring (bicyclic) bond motifs is 1. The topological polar surface area (TPSA) is 59.4 Å². The van der Waals surface area contributed by atoms with Crippen molar-refractivity contribution in [3.8, 4) is 0 Å². The Morgan fingerprint density at radius 2 is 1.94 bits per heavy atom. The van der Waals surface area contributed by atoms with E-state index in [1.807, 2.05) is 43.3 Å². The van der Waals surface area contributed by atoms with Gasteiger partial charge in [-0.05, 0) is 36.2 Å².